The molecular formula is C5H9Ru. The van der Waals surface area contributed by atoms with Gasteiger partial charge in [0.1, 0.15) is 0 Å². The third-order valence-corrected chi connectivity index (χ3v) is 1.07. The predicted octanol–water partition coefficient (Wildman–Crippen LogP) is 1.76. The average molecular weight is 170 g/mol. The van der Waals surface area contributed by atoms with Gasteiger partial charge < -0.3 is 6.42 Å². The van der Waals surface area contributed by atoms with Crippen LogP contribution in [0.5, 0.6) is 0 Å². The van der Waals surface area contributed by atoms with Crippen LogP contribution in [0, 0.1) is 6.42 Å². The zero-order chi connectivity index (χ0) is 3.54. The third kappa shape index (κ3) is 1.92. The minimum Gasteiger partial charge on any atom is -0.328 e. The molecule has 0 spiro atoms. The fraction of sp³-hybridized carbons (Fsp3) is 0.800. The summed E-state index contributed by atoms with van der Waals surface area (Å²) in [7, 11) is 0. The largest absolute Gasteiger partial charge is 1.00 e. The van der Waals surface area contributed by atoms with Crippen molar-refractivity contribution in [1.29, 1.82) is 0 Å². The maximum Gasteiger partial charge on any atom is 1.00 e. The van der Waals surface area contributed by atoms with Crippen molar-refractivity contribution < 1.29 is 19.5 Å². The molecule has 1 heteroatoms. The first kappa shape index (κ1) is 6.62. The molecule has 0 nitrogen and oxygen atoms in total. The average Bonchev–Trinajstić information content (AvgIpc) is 1.76. The summed E-state index contributed by atoms with van der Waals surface area (Å²) in [6.45, 7) is 0. The van der Waals surface area contributed by atoms with Crippen molar-refractivity contribution in [2.75, 3.05) is 0 Å². The van der Waals surface area contributed by atoms with Crippen LogP contribution < -0.4 is 0 Å². The molecule has 0 heterocycles. The molecule has 1 aliphatic carbocycles. The Morgan fingerprint density at radius 3 is 1.67 bits per heavy atom. The van der Waals surface area contributed by atoms with Crippen molar-refractivity contribution in [3.63, 3.8) is 0 Å². The molecule has 37 valence electrons. The molecule has 0 N–H and O–H groups in total. The molecule has 1 saturated carbocycles. The van der Waals surface area contributed by atoms with Gasteiger partial charge in [-0.05, 0) is 0 Å². The van der Waals surface area contributed by atoms with Gasteiger partial charge in [0.05, 0.1) is 0 Å². The van der Waals surface area contributed by atoms with E-state index in [1.807, 2.05) is 0 Å². The second-order valence-electron chi connectivity index (χ2n) is 1.57. The predicted molar refractivity (Wildman–Crippen MR) is 22.8 cm³/mol. The molecule has 0 bridgehead atoms. The van der Waals surface area contributed by atoms with Crippen LogP contribution in [-0.4, -0.2) is 0 Å². The minimum absolute atomic E-state index is 0. The summed E-state index contributed by atoms with van der Waals surface area (Å²) in [6.07, 6.45) is 8.00. The van der Waals surface area contributed by atoms with Gasteiger partial charge in [0.25, 0.3) is 0 Å². The summed E-state index contributed by atoms with van der Waals surface area (Å²) in [5.41, 5.74) is 0. The van der Waals surface area contributed by atoms with Crippen molar-refractivity contribution >= 4 is 0 Å². The first-order valence-electron chi connectivity index (χ1n) is 2.32. The zero-order valence-corrected chi connectivity index (χ0v) is 5.50. The Morgan fingerprint density at radius 2 is 1.50 bits per heavy atom. The van der Waals surface area contributed by atoms with E-state index in [0.717, 1.165) is 0 Å². The van der Waals surface area contributed by atoms with E-state index in [-0.39, 0.29) is 19.5 Å². The van der Waals surface area contributed by atoms with Crippen molar-refractivity contribution in [2.45, 2.75) is 25.7 Å². The maximum atomic E-state index is 2.36. The van der Waals surface area contributed by atoms with Gasteiger partial charge in [-0.25, -0.2) is 0 Å². The summed E-state index contributed by atoms with van der Waals surface area (Å²) >= 11 is 0. The normalized spacial score (nSPS) is 20.0. The van der Waals surface area contributed by atoms with Crippen molar-refractivity contribution in [3.05, 3.63) is 6.42 Å². The Labute approximate surface area is 52.1 Å². The molecule has 0 atom stereocenters. The summed E-state index contributed by atoms with van der Waals surface area (Å²) in [5.74, 6) is 0. The standard InChI is InChI=1S/C5H9.Ru/c1-2-4-5-3-1;/h1H,2-5H2;/q-1;+1. The number of rotatable bonds is 0. The minimum atomic E-state index is 0. The van der Waals surface area contributed by atoms with Crippen molar-refractivity contribution in [3.8, 4) is 0 Å². The number of hydrogen-bond donors (Lipinski definition) is 0. The molecule has 6 heavy (non-hydrogen) atoms. The fourth-order valence-corrected chi connectivity index (χ4v) is 0.722. The molecular weight excluding hydrogens is 161 g/mol. The van der Waals surface area contributed by atoms with Crippen LogP contribution in [0.15, 0.2) is 0 Å². The molecule has 1 radical (unpaired) electrons. The molecule has 0 aromatic heterocycles. The van der Waals surface area contributed by atoms with Crippen LogP contribution in [0.25, 0.3) is 0 Å². The third-order valence-electron chi connectivity index (χ3n) is 1.07. The summed E-state index contributed by atoms with van der Waals surface area (Å²) in [4.78, 5) is 0. The van der Waals surface area contributed by atoms with Gasteiger partial charge in [-0.1, -0.05) is 12.8 Å². The Hall–Kier alpha value is 0.623. The van der Waals surface area contributed by atoms with Gasteiger partial charge in [0.2, 0.25) is 0 Å². The SMILES string of the molecule is [CH-]1CCCC1.[Ru+]. The molecule has 0 saturated heterocycles. The van der Waals surface area contributed by atoms with Gasteiger partial charge in [0, 0.05) is 0 Å². The zero-order valence-electron chi connectivity index (χ0n) is 3.76. The van der Waals surface area contributed by atoms with E-state index in [9.17, 15) is 0 Å². The van der Waals surface area contributed by atoms with Crippen LogP contribution >= 0.6 is 0 Å². The van der Waals surface area contributed by atoms with Crippen LogP contribution in [0.2, 0.25) is 0 Å². The van der Waals surface area contributed by atoms with E-state index in [1.54, 1.807) is 0 Å². The molecule has 0 amide bonds. The second kappa shape index (κ2) is 3.80. The van der Waals surface area contributed by atoms with E-state index in [4.69, 9.17) is 0 Å². The molecule has 0 aromatic carbocycles. The Morgan fingerprint density at radius 1 is 1.00 bits per heavy atom. The van der Waals surface area contributed by atoms with Gasteiger partial charge in [0.15, 0.2) is 0 Å². The topological polar surface area (TPSA) is 0 Å². The van der Waals surface area contributed by atoms with E-state index in [0.29, 0.717) is 0 Å². The van der Waals surface area contributed by atoms with Gasteiger partial charge in [-0.15, -0.1) is 0 Å². The Kier molecular flexibility index (Phi) is 4.20. The summed E-state index contributed by atoms with van der Waals surface area (Å²) < 4.78 is 0. The smallest absolute Gasteiger partial charge is 0.328 e. The monoisotopic (exact) mass is 171 g/mol. The van der Waals surface area contributed by atoms with E-state index < -0.39 is 0 Å². The van der Waals surface area contributed by atoms with Crippen molar-refractivity contribution in [1.82, 2.24) is 0 Å². The Balaban J connectivity index is 0.000000250. The molecule has 1 fully saturated rings. The van der Waals surface area contributed by atoms with Crippen LogP contribution in [-0.2, 0) is 19.5 Å². The van der Waals surface area contributed by atoms with Crippen LogP contribution in [0.1, 0.15) is 25.7 Å². The van der Waals surface area contributed by atoms with E-state index in [2.05, 4.69) is 6.42 Å². The van der Waals surface area contributed by atoms with Crippen LogP contribution in [0.4, 0.5) is 0 Å². The first-order chi connectivity index (χ1) is 2.50. The van der Waals surface area contributed by atoms with E-state index in [1.165, 1.54) is 25.7 Å². The summed E-state index contributed by atoms with van der Waals surface area (Å²) in [6, 6.07) is 0. The van der Waals surface area contributed by atoms with Gasteiger partial charge in [-0.3, -0.25) is 0 Å². The molecule has 0 unspecified atom stereocenters. The van der Waals surface area contributed by atoms with Gasteiger partial charge >= 0.3 is 19.5 Å². The van der Waals surface area contributed by atoms with E-state index >= 15 is 0 Å². The fourth-order valence-electron chi connectivity index (χ4n) is 0.722. The van der Waals surface area contributed by atoms with Gasteiger partial charge in [-0.2, -0.15) is 12.8 Å². The first-order valence-corrected chi connectivity index (χ1v) is 2.32. The summed E-state index contributed by atoms with van der Waals surface area (Å²) in [5, 5.41) is 0. The Bertz CT molecular complexity index is 15.5. The van der Waals surface area contributed by atoms with Crippen LogP contribution in [0.3, 0.4) is 0 Å². The molecule has 1 rings (SSSR count). The number of hydrogen-bond acceptors (Lipinski definition) is 0. The second-order valence-corrected chi connectivity index (χ2v) is 1.57. The van der Waals surface area contributed by atoms with Crippen molar-refractivity contribution in [2.24, 2.45) is 0 Å². The molecule has 0 aromatic rings. The quantitative estimate of drug-likeness (QED) is 0.384. The molecule has 1 aliphatic rings. The molecule has 0 aliphatic heterocycles. The maximum absolute atomic E-state index is 2.36.